The van der Waals surface area contributed by atoms with E-state index in [0.29, 0.717) is 6.04 Å². The minimum absolute atomic E-state index is 0.451. The van der Waals surface area contributed by atoms with Gasteiger partial charge in [0.15, 0.2) is 0 Å². The predicted molar refractivity (Wildman–Crippen MR) is 88.4 cm³/mol. The van der Waals surface area contributed by atoms with Crippen molar-refractivity contribution in [2.24, 2.45) is 0 Å². The molecular weight excluding hydrogens is 284 g/mol. The van der Waals surface area contributed by atoms with Crippen LogP contribution in [0.25, 0.3) is 10.2 Å². The third-order valence-electron chi connectivity index (χ3n) is 3.30. The van der Waals surface area contributed by atoms with Crippen molar-refractivity contribution in [3.8, 4) is 0 Å². The summed E-state index contributed by atoms with van der Waals surface area (Å²) in [4.78, 5) is 6.11. The summed E-state index contributed by atoms with van der Waals surface area (Å²) >= 11 is 3.62. The lowest BCUT2D eigenvalue weighted by atomic mass is 10.1. The maximum absolute atomic E-state index is 4.69. The lowest BCUT2D eigenvalue weighted by molar-refractivity contribution is 0.500. The highest BCUT2D eigenvalue weighted by atomic mass is 32.1. The molecule has 20 heavy (non-hydrogen) atoms. The molecule has 1 unspecified atom stereocenters. The molecule has 0 spiro atoms. The highest BCUT2D eigenvalue weighted by molar-refractivity contribution is 7.18. The Hall–Kier alpha value is -1.23. The van der Waals surface area contributed by atoms with Crippen molar-refractivity contribution in [1.29, 1.82) is 0 Å². The van der Waals surface area contributed by atoms with E-state index in [1.165, 1.54) is 27.4 Å². The van der Waals surface area contributed by atoms with Gasteiger partial charge in [0.25, 0.3) is 0 Å². The van der Waals surface area contributed by atoms with E-state index in [1.54, 1.807) is 11.3 Å². The van der Waals surface area contributed by atoms with Gasteiger partial charge in [0, 0.05) is 17.5 Å². The van der Waals surface area contributed by atoms with Crippen molar-refractivity contribution in [3.63, 3.8) is 0 Å². The fourth-order valence-electron chi connectivity index (χ4n) is 2.33. The van der Waals surface area contributed by atoms with E-state index in [4.69, 9.17) is 0 Å². The zero-order chi connectivity index (χ0) is 13.8. The molecular formula is C16H18N2S2. The molecule has 0 saturated heterocycles. The molecule has 2 aromatic heterocycles. The molecule has 0 aliphatic heterocycles. The van der Waals surface area contributed by atoms with Crippen LogP contribution in [0, 0.1) is 0 Å². The molecule has 0 radical (unpaired) electrons. The van der Waals surface area contributed by atoms with Gasteiger partial charge in [0.1, 0.15) is 5.01 Å². The third-order valence-corrected chi connectivity index (χ3v) is 5.32. The number of aromatic nitrogens is 1. The zero-order valence-corrected chi connectivity index (χ0v) is 13.1. The normalized spacial score (nSPS) is 12.8. The van der Waals surface area contributed by atoms with E-state index < -0.39 is 0 Å². The van der Waals surface area contributed by atoms with Gasteiger partial charge in [-0.05, 0) is 30.0 Å². The summed E-state index contributed by atoms with van der Waals surface area (Å²) in [5.41, 5.74) is 1.11. The first kappa shape index (κ1) is 13.7. The fourth-order valence-corrected chi connectivity index (χ4v) is 4.08. The number of para-hydroxylation sites is 1. The summed E-state index contributed by atoms with van der Waals surface area (Å²) < 4.78 is 1.27. The average molecular weight is 302 g/mol. The van der Waals surface area contributed by atoms with E-state index in [0.717, 1.165) is 12.1 Å². The fraction of sp³-hybridized carbons (Fsp3) is 0.312. The lowest BCUT2D eigenvalue weighted by Crippen LogP contribution is -2.19. The second-order valence-electron chi connectivity index (χ2n) is 4.81. The molecule has 0 aliphatic rings. The number of hydrogen-bond donors (Lipinski definition) is 1. The number of nitrogens with zero attached hydrogens (tertiary/aromatic N) is 1. The molecule has 3 aromatic rings. The van der Waals surface area contributed by atoms with Gasteiger partial charge in [0.2, 0.25) is 0 Å². The first-order valence-electron chi connectivity index (χ1n) is 6.98. The summed E-state index contributed by atoms with van der Waals surface area (Å²) in [6.45, 7) is 3.09. The molecule has 0 saturated carbocycles. The maximum Gasteiger partial charge on any atom is 0.108 e. The van der Waals surface area contributed by atoms with Crippen LogP contribution in [0.5, 0.6) is 0 Å². The smallest absolute Gasteiger partial charge is 0.108 e. The van der Waals surface area contributed by atoms with Crippen LogP contribution in [0.4, 0.5) is 0 Å². The van der Waals surface area contributed by atoms with Crippen molar-refractivity contribution in [1.82, 2.24) is 10.3 Å². The van der Waals surface area contributed by atoms with Gasteiger partial charge in [-0.1, -0.05) is 31.5 Å². The zero-order valence-electron chi connectivity index (χ0n) is 11.5. The minimum Gasteiger partial charge on any atom is -0.303 e. The third kappa shape index (κ3) is 3.08. The van der Waals surface area contributed by atoms with Gasteiger partial charge in [0.05, 0.1) is 10.2 Å². The summed E-state index contributed by atoms with van der Waals surface area (Å²) in [6, 6.07) is 13.1. The van der Waals surface area contributed by atoms with Crippen molar-refractivity contribution < 1.29 is 0 Å². The minimum atomic E-state index is 0.451. The highest BCUT2D eigenvalue weighted by Crippen LogP contribution is 2.25. The number of thiazole rings is 1. The molecule has 0 fully saturated rings. The Balaban J connectivity index is 1.70. The first-order chi connectivity index (χ1) is 9.86. The molecule has 0 amide bonds. The van der Waals surface area contributed by atoms with Gasteiger partial charge < -0.3 is 5.32 Å². The quantitative estimate of drug-likeness (QED) is 0.694. The Morgan fingerprint density at radius 1 is 1.20 bits per heavy atom. The highest BCUT2D eigenvalue weighted by Gasteiger charge is 2.12. The van der Waals surface area contributed by atoms with Gasteiger partial charge in [-0.15, -0.1) is 22.7 Å². The average Bonchev–Trinajstić information content (AvgIpc) is 3.12. The summed E-state index contributed by atoms with van der Waals surface area (Å²) in [5, 5.41) is 6.98. The molecule has 104 valence electrons. The topological polar surface area (TPSA) is 24.9 Å². The van der Waals surface area contributed by atoms with Gasteiger partial charge in [-0.2, -0.15) is 0 Å². The van der Waals surface area contributed by atoms with E-state index in [9.17, 15) is 0 Å². The van der Waals surface area contributed by atoms with E-state index in [2.05, 4.69) is 52.9 Å². The van der Waals surface area contributed by atoms with Crippen LogP contribution in [-0.2, 0) is 6.54 Å². The summed E-state index contributed by atoms with van der Waals surface area (Å²) in [6.07, 6.45) is 2.36. The molecule has 2 heterocycles. The second kappa shape index (κ2) is 6.48. The van der Waals surface area contributed by atoms with E-state index >= 15 is 0 Å². The molecule has 2 nitrogen and oxygen atoms in total. The summed E-state index contributed by atoms with van der Waals surface area (Å²) in [5.74, 6) is 0. The SMILES string of the molecule is CCCC(NCc1nc2ccccc2s1)c1cccs1. The first-order valence-corrected chi connectivity index (χ1v) is 8.67. The molecule has 1 aromatic carbocycles. The Morgan fingerprint density at radius 2 is 2.10 bits per heavy atom. The van der Waals surface area contributed by atoms with Gasteiger partial charge in [-0.3, -0.25) is 0 Å². The number of nitrogens with one attached hydrogen (secondary N) is 1. The van der Waals surface area contributed by atoms with Crippen LogP contribution in [0.2, 0.25) is 0 Å². The van der Waals surface area contributed by atoms with Crippen LogP contribution >= 0.6 is 22.7 Å². The second-order valence-corrected chi connectivity index (χ2v) is 6.91. The molecule has 1 N–H and O–H groups in total. The Bertz CT molecular complexity index is 625. The van der Waals surface area contributed by atoms with Crippen molar-refractivity contribution in [2.45, 2.75) is 32.4 Å². The number of rotatable bonds is 6. The summed E-state index contributed by atoms with van der Waals surface area (Å²) in [7, 11) is 0. The molecule has 0 bridgehead atoms. The van der Waals surface area contributed by atoms with Crippen LogP contribution in [0.15, 0.2) is 41.8 Å². The van der Waals surface area contributed by atoms with Gasteiger partial charge in [-0.25, -0.2) is 4.98 Å². The van der Waals surface area contributed by atoms with Crippen molar-refractivity contribution in [3.05, 3.63) is 51.7 Å². The van der Waals surface area contributed by atoms with Crippen LogP contribution in [0.3, 0.4) is 0 Å². The van der Waals surface area contributed by atoms with Crippen molar-refractivity contribution in [2.75, 3.05) is 0 Å². The molecule has 4 heteroatoms. The van der Waals surface area contributed by atoms with Crippen molar-refractivity contribution >= 4 is 32.9 Å². The molecule has 1 atom stereocenters. The number of benzene rings is 1. The van der Waals surface area contributed by atoms with E-state index in [1.807, 2.05) is 17.4 Å². The van der Waals surface area contributed by atoms with Gasteiger partial charge >= 0.3 is 0 Å². The number of hydrogen-bond acceptors (Lipinski definition) is 4. The Labute approximate surface area is 127 Å². The Kier molecular flexibility index (Phi) is 4.45. The van der Waals surface area contributed by atoms with E-state index in [-0.39, 0.29) is 0 Å². The standard InChI is InChI=1S/C16H18N2S2/c1-2-6-12(14-9-5-10-19-14)17-11-16-18-13-7-3-4-8-15(13)20-16/h3-5,7-10,12,17H,2,6,11H2,1H3. The lowest BCUT2D eigenvalue weighted by Gasteiger charge is -2.15. The Morgan fingerprint density at radius 3 is 2.85 bits per heavy atom. The number of thiophene rings is 1. The molecule has 3 rings (SSSR count). The predicted octanol–water partition coefficient (Wildman–Crippen LogP) is 4.99. The number of fused-ring (bicyclic) bond motifs is 1. The molecule has 0 aliphatic carbocycles. The largest absolute Gasteiger partial charge is 0.303 e. The van der Waals surface area contributed by atoms with Crippen LogP contribution in [-0.4, -0.2) is 4.98 Å². The maximum atomic E-state index is 4.69. The van der Waals surface area contributed by atoms with Crippen LogP contribution in [0.1, 0.15) is 35.7 Å². The monoisotopic (exact) mass is 302 g/mol. The van der Waals surface area contributed by atoms with Crippen LogP contribution < -0.4 is 5.32 Å².